The molecule has 4 nitrogen and oxygen atoms in total. The van der Waals surface area contributed by atoms with Crippen LogP contribution in [0.2, 0.25) is 0 Å². The molecule has 3 unspecified atom stereocenters. The Bertz CT molecular complexity index is 902. The number of rotatable bonds is 4. The minimum absolute atomic E-state index is 0.213. The fraction of sp³-hybridized carbons (Fsp3) is 0.364. The van der Waals surface area contributed by atoms with E-state index in [-0.39, 0.29) is 12.0 Å². The first-order valence-corrected chi connectivity index (χ1v) is 9.44. The van der Waals surface area contributed by atoms with Crippen LogP contribution >= 0.6 is 0 Å². The molecule has 1 aromatic heterocycles. The first-order valence-electron chi connectivity index (χ1n) is 9.44. The van der Waals surface area contributed by atoms with Crippen molar-refractivity contribution in [2.45, 2.75) is 44.2 Å². The van der Waals surface area contributed by atoms with Gasteiger partial charge in [0.2, 0.25) is 0 Å². The lowest BCUT2D eigenvalue weighted by Crippen LogP contribution is -2.46. The summed E-state index contributed by atoms with van der Waals surface area (Å²) < 4.78 is 1.90. The third-order valence-electron chi connectivity index (χ3n) is 5.74. The van der Waals surface area contributed by atoms with Crippen molar-refractivity contribution >= 4 is 17.1 Å². The third-order valence-corrected chi connectivity index (χ3v) is 5.74. The highest BCUT2D eigenvalue weighted by Crippen LogP contribution is 2.42. The largest absolute Gasteiger partial charge is 0.387 e. The summed E-state index contributed by atoms with van der Waals surface area (Å²) >= 11 is 0. The molecule has 0 spiro atoms. The second-order valence-corrected chi connectivity index (χ2v) is 7.38. The van der Waals surface area contributed by atoms with Crippen molar-refractivity contribution < 1.29 is 5.11 Å². The second-order valence-electron chi connectivity index (χ2n) is 7.38. The number of aromatic nitrogens is 3. The second kappa shape index (κ2) is 7.04. The Labute approximate surface area is 154 Å². The molecule has 1 saturated carbocycles. The van der Waals surface area contributed by atoms with Crippen LogP contribution in [0.3, 0.4) is 0 Å². The number of hydrogen-bond acceptors (Lipinski definition) is 3. The summed E-state index contributed by atoms with van der Waals surface area (Å²) in [7, 11) is 0. The van der Waals surface area contributed by atoms with Crippen LogP contribution in [0.4, 0.5) is 0 Å². The predicted molar refractivity (Wildman–Crippen MR) is 105 cm³/mol. The molecule has 2 aromatic carbocycles. The topological polar surface area (TPSA) is 50.9 Å². The highest BCUT2D eigenvalue weighted by atomic mass is 16.3. The van der Waals surface area contributed by atoms with Gasteiger partial charge in [0, 0.05) is 0 Å². The van der Waals surface area contributed by atoms with Gasteiger partial charge in [0.15, 0.2) is 0 Å². The van der Waals surface area contributed by atoms with Gasteiger partial charge in [-0.1, -0.05) is 79.6 Å². The molecule has 0 bridgehead atoms. The molecule has 0 radical (unpaired) electrons. The lowest BCUT2D eigenvalue weighted by Gasteiger charge is -2.42. The summed E-state index contributed by atoms with van der Waals surface area (Å²) in [5, 5.41) is 20.4. The van der Waals surface area contributed by atoms with Crippen LogP contribution in [0.5, 0.6) is 0 Å². The molecule has 1 N–H and O–H groups in total. The maximum absolute atomic E-state index is 11.7. The number of fused-ring (bicyclic) bond motifs is 1. The van der Waals surface area contributed by atoms with E-state index in [9.17, 15) is 5.11 Å². The number of nitrogens with zero attached hydrogens (tertiary/aromatic N) is 3. The standard InChI is InChI=1S/C22H25N3O/c1-17-9-7-8-16-22(17,26)21(15-14-18-10-3-2-4-11-18)25-20-13-6-5-12-19(20)23-24-25/h2-6,10-15,17,21,26H,7-9,16H2,1H3/b15-14+. The molecule has 4 heteroatoms. The van der Waals surface area contributed by atoms with Crippen molar-refractivity contribution in [2.24, 2.45) is 5.92 Å². The van der Waals surface area contributed by atoms with Crippen molar-refractivity contribution in [2.75, 3.05) is 0 Å². The number of hydrogen-bond donors (Lipinski definition) is 1. The minimum atomic E-state index is -0.819. The molecule has 0 aliphatic heterocycles. The van der Waals surface area contributed by atoms with E-state index >= 15 is 0 Å². The van der Waals surface area contributed by atoms with Gasteiger partial charge in [0.25, 0.3) is 0 Å². The Morgan fingerprint density at radius 3 is 2.69 bits per heavy atom. The van der Waals surface area contributed by atoms with Gasteiger partial charge in [-0.05, 0) is 36.5 Å². The van der Waals surface area contributed by atoms with E-state index in [0.29, 0.717) is 0 Å². The van der Waals surface area contributed by atoms with Crippen LogP contribution in [-0.2, 0) is 0 Å². The molecule has 4 rings (SSSR count). The van der Waals surface area contributed by atoms with E-state index in [2.05, 4.69) is 41.5 Å². The van der Waals surface area contributed by atoms with Crippen LogP contribution in [0.25, 0.3) is 17.1 Å². The van der Waals surface area contributed by atoms with Gasteiger partial charge >= 0.3 is 0 Å². The molecule has 3 atom stereocenters. The predicted octanol–water partition coefficient (Wildman–Crippen LogP) is 4.63. The zero-order chi connectivity index (χ0) is 18.0. The zero-order valence-electron chi connectivity index (χ0n) is 15.1. The molecule has 3 aromatic rings. The summed E-state index contributed by atoms with van der Waals surface area (Å²) in [5.74, 6) is 0.213. The summed E-state index contributed by atoms with van der Waals surface area (Å²) in [6.07, 6.45) is 8.23. The van der Waals surface area contributed by atoms with E-state index in [4.69, 9.17) is 0 Å². The van der Waals surface area contributed by atoms with Crippen molar-refractivity contribution in [3.8, 4) is 0 Å². The summed E-state index contributed by atoms with van der Waals surface area (Å²) in [5.41, 5.74) is 2.12. The summed E-state index contributed by atoms with van der Waals surface area (Å²) in [4.78, 5) is 0. The molecule has 134 valence electrons. The molecular weight excluding hydrogens is 322 g/mol. The molecular formula is C22H25N3O. The van der Waals surface area contributed by atoms with Gasteiger partial charge < -0.3 is 5.11 Å². The first kappa shape index (κ1) is 17.0. The lowest BCUT2D eigenvalue weighted by molar-refractivity contribution is -0.0714. The molecule has 0 amide bonds. The minimum Gasteiger partial charge on any atom is -0.387 e. The molecule has 1 aliphatic carbocycles. The average Bonchev–Trinajstić information content (AvgIpc) is 3.09. The number of aliphatic hydroxyl groups is 1. The van der Waals surface area contributed by atoms with Crippen LogP contribution in [0.15, 0.2) is 60.7 Å². The monoisotopic (exact) mass is 347 g/mol. The normalized spacial score (nSPS) is 24.9. The van der Waals surface area contributed by atoms with Crippen molar-refractivity contribution in [3.05, 3.63) is 66.2 Å². The quantitative estimate of drug-likeness (QED) is 0.749. The number of para-hydroxylation sites is 1. The Balaban J connectivity index is 1.80. The number of benzene rings is 2. The third kappa shape index (κ3) is 3.06. The Hall–Kier alpha value is -2.46. The fourth-order valence-corrected chi connectivity index (χ4v) is 4.11. The van der Waals surface area contributed by atoms with Crippen molar-refractivity contribution in [1.29, 1.82) is 0 Å². The van der Waals surface area contributed by atoms with Gasteiger partial charge in [-0.3, -0.25) is 0 Å². The van der Waals surface area contributed by atoms with Gasteiger partial charge in [-0.15, -0.1) is 5.10 Å². The molecule has 0 saturated heterocycles. The van der Waals surface area contributed by atoms with Gasteiger partial charge in [0.1, 0.15) is 11.6 Å². The van der Waals surface area contributed by atoms with Crippen molar-refractivity contribution in [3.63, 3.8) is 0 Å². The van der Waals surface area contributed by atoms with E-state index in [1.807, 2.05) is 47.1 Å². The molecule has 26 heavy (non-hydrogen) atoms. The summed E-state index contributed by atoms with van der Waals surface area (Å²) in [6, 6.07) is 17.9. The van der Waals surface area contributed by atoms with E-state index in [1.165, 1.54) is 6.42 Å². The van der Waals surface area contributed by atoms with Gasteiger partial charge in [0.05, 0.1) is 11.1 Å². The van der Waals surface area contributed by atoms with Crippen molar-refractivity contribution in [1.82, 2.24) is 15.0 Å². The average molecular weight is 347 g/mol. The Morgan fingerprint density at radius 1 is 1.12 bits per heavy atom. The highest BCUT2D eigenvalue weighted by Gasteiger charge is 2.44. The SMILES string of the molecule is CC1CCCCC1(O)C(/C=C/c1ccccc1)n1nnc2ccccc21. The van der Waals surface area contributed by atoms with Gasteiger partial charge in [-0.25, -0.2) is 4.68 Å². The van der Waals surface area contributed by atoms with E-state index < -0.39 is 5.60 Å². The highest BCUT2D eigenvalue weighted by molar-refractivity contribution is 5.74. The van der Waals surface area contributed by atoms with Crippen LogP contribution in [0.1, 0.15) is 44.2 Å². The zero-order valence-corrected chi connectivity index (χ0v) is 15.1. The molecule has 1 fully saturated rings. The molecule has 1 heterocycles. The van der Waals surface area contributed by atoms with Crippen LogP contribution in [-0.4, -0.2) is 25.7 Å². The molecule has 1 aliphatic rings. The van der Waals surface area contributed by atoms with Crippen LogP contribution < -0.4 is 0 Å². The maximum atomic E-state index is 11.7. The van der Waals surface area contributed by atoms with Gasteiger partial charge in [-0.2, -0.15) is 0 Å². The Morgan fingerprint density at radius 2 is 1.88 bits per heavy atom. The van der Waals surface area contributed by atoms with Crippen LogP contribution in [0, 0.1) is 5.92 Å². The fourth-order valence-electron chi connectivity index (χ4n) is 4.11. The van der Waals surface area contributed by atoms with E-state index in [1.54, 1.807) is 0 Å². The first-order chi connectivity index (χ1) is 12.7. The Kier molecular flexibility index (Phi) is 4.60. The smallest absolute Gasteiger partial charge is 0.113 e. The summed E-state index contributed by atoms with van der Waals surface area (Å²) in [6.45, 7) is 2.15. The lowest BCUT2D eigenvalue weighted by atomic mass is 9.72. The van der Waals surface area contributed by atoms with E-state index in [0.717, 1.165) is 35.9 Å². The maximum Gasteiger partial charge on any atom is 0.113 e.